The molecular weight excluding hydrogens is 300 g/mol. The molecule has 0 spiro atoms. The van der Waals surface area contributed by atoms with Gasteiger partial charge in [-0.1, -0.05) is 0 Å². The van der Waals surface area contributed by atoms with Gasteiger partial charge in [0.25, 0.3) is 15.0 Å². The summed E-state index contributed by atoms with van der Waals surface area (Å²) in [6.45, 7) is 0.315. The molecule has 2 rings (SSSR count). The highest BCUT2D eigenvalue weighted by Crippen LogP contribution is 2.28. The molecule has 0 radical (unpaired) electrons. The molecule has 4 nitrogen and oxygen atoms in total. The summed E-state index contributed by atoms with van der Waals surface area (Å²) in [5, 5.41) is 2.36. The summed E-state index contributed by atoms with van der Waals surface area (Å²) in [6.07, 6.45) is 1.92. The van der Waals surface area contributed by atoms with Crippen LogP contribution in [0, 0.1) is 17.6 Å². The first-order valence-electron chi connectivity index (χ1n) is 5.51. The maximum absolute atomic E-state index is 13.9. The molecule has 1 amide bonds. The Morgan fingerprint density at radius 1 is 1.37 bits per heavy atom. The van der Waals surface area contributed by atoms with Gasteiger partial charge in [-0.3, -0.25) is 4.79 Å². The first kappa shape index (κ1) is 14.2. The molecule has 1 saturated carbocycles. The van der Waals surface area contributed by atoms with Crippen LogP contribution in [0.15, 0.2) is 17.0 Å². The van der Waals surface area contributed by atoms with Crippen LogP contribution in [0.5, 0.6) is 0 Å². The van der Waals surface area contributed by atoms with Crippen LogP contribution in [0.4, 0.5) is 8.78 Å². The van der Waals surface area contributed by atoms with Gasteiger partial charge in [0.2, 0.25) is 0 Å². The van der Waals surface area contributed by atoms with E-state index in [9.17, 15) is 22.0 Å². The first-order chi connectivity index (χ1) is 8.80. The molecule has 0 atom stereocenters. The highest BCUT2D eigenvalue weighted by atomic mass is 35.7. The lowest BCUT2D eigenvalue weighted by atomic mass is 10.2. The summed E-state index contributed by atoms with van der Waals surface area (Å²) in [7, 11) is 0.634. The average Bonchev–Trinajstić information content (AvgIpc) is 3.08. The Kier molecular flexibility index (Phi) is 3.78. The van der Waals surface area contributed by atoms with Crippen LogP contribution >= 0.6 is 10.7 Å². The highest BCUT2D eigenvalue weighted by Gasteiger charge is 2.27. The van der Waals surface area contributed by atoms with E-state index in [1.807, 2.05) is 0 Å². The second-order valence-corrected chi connectivity index (χ2v) is 6.86. The minimum Gasteiger partial charge on any atom is -0.352 e. The van der Waals surface area contributed by atoms with E-state index in [2.05, 4.69) is 5.32 Å². The summed E-state index contributed by atoms with van der Waals surface area (Å²) in [5.41, 5.74) is -0.928. The molecule has 0 aliphatic heterocycles. The number of benzene rings is 1. The molecule has 19 heavy (non-hydrogen) atoms. The average molecular weight is 310 g/mol. The summed E-state index contributed by atoms with van der Waals surface area (Å²) < 4.78 is 49.5. The summed E-state index contributed by atoms with van der Waals surface area (Å²) >= 11 is 0. The van der Waals surface area contributed by atoms with Gasteiger partial charge in [0, 0.05) is 17.2 Å². The van der Waals surface area contributed by atoms with Crippen molar-refractivity contribution in [2.45, 2.75) is 17.7 Å². The van der Waals surface area contributed by atoms with Gasteiger partial charge in [-0.25, -0.2) is 17.2 Å². The zero-order chi connectivity index (χ0) is 14.2. The Labute approximate surface area is 113 Å². The zero-order valence-corrected chi connectivity index (χ0v) is 11.2. The topological polar surface area (TPSA) is 63.2 Å². The molecule has 0 heterocycles. The maximum atomic E-state index is 13.9. The first-order valence-corrected chi connectivity index (χ1v) is 7.82. The van der Waals surface area contributed by atoms with Gasteiger partial charge >= 0.3 is 0 Å². The fourth-order valence-corrected chi connectivity index (χ4v) is 2.48. The lowest BCUT2D eigenvalue weighted by Crippen LogP contribution is -2.28. The molecule has 1 aliphatic rings. The maximum Gasteiger partial charge on any atom is 0.264 e. The van der Waals surface area contributed by atoms with E-state index in [0.717, 1.165) is 12.8 Å². The monoisotopic (exact) mass is 309 g/mol. The third-order valence-electron chi connectivity index (χ3n) is 2.79. The molecule has 0 unspecified atom stereocenters. The van der Waals surface area contributed by atoms with Crippen LogP contribution in [0.25, 0.3) is 0 Å². The van der Waals surface area contributed by atoms with Crippen molar-refractivity contribution in [2.75, 3.05) is 6.54 Å². The number of nitrogens with one attached hydrogen (secondary N) is 1. The Bertz CT molecular complexity index is 629. The van der Waals surface area contributed by atoms with E-state index in [1.54, 1.807) is 0 Å². The minimum absolute atomic E-state index is 0.315. The molecule has 0 bridgehead atoms. The summed E-state index contributed by atoms with van der Waals surface area (Å²) in [6, 6.07) is 1.38. The van der Waals surface area contributed by atoms with Crippen LogP contribution in [-0.4, -0.2) is 20.9 Å². The van der Waals surface area contributed by atoms with Crippen LogP contribution < -0.4 is 5.32 Å². The molecule has 104 valence electrons. The van der Waals surface area contributed by atoms with Gasteiger partial charge in [-0.15, -0.1) is 0 Å². The van der Waals surface area contributed by atoms with Crippen molar-refractivity contribution in [1.29, 1.82) is 0 Å². The van der Waals surface area contributed by atoms with Gasteiger partial charge in [0.15, 0.2) is 5.82 Å². The molecule has 0 saturated heterocycles. The summed E-state index contributed by atoms with van der Waals surface area (Å²) in [5.74, 6) is -3.25. The van der Waals surface area contributed by atoms with Crippen molar-refractivity contribution < 1.29 is 22.0 Å². The smallest absolute Gasteiger partial charge is 0.264 e. The van der Waals surface area contributed by atoms with Gasteiger partial charge in [-0.2, -0.15) is 0 Å². The fraction of sp³-hybridized carbons (Fsp3) is 0.364. The van der Waals surface area contributed by atoms with E-state index in [4.69, 9.17) is 10.7 Å². The quantitative estimate of drug-likeness (QED) is 0.866. The van der Waals surface area contributed by atoms with Crippen molar-refractivity contribution in [3.05, 3.63) is 29.3 Å². The third-order valence-corrected chi connectivity index (χ3v) is 4.13. The van der Waals surface area contributed by atoms with Crippen molar-refractivity contribution in [3.8, 4) is 0 Å². The Morgan fingerprint density at radius 3 is 2.53 bits per heavy atom. The van der Waals surface area contributed by atoms with Gasteiger partial charge < -0.3 is 5.32 Å². The second kappa shape index (κ2) is 5.05. The van der Waals surface area contributed by atoms with E-state index in [0.29, 0.717) is 24.6 Å². The van der Waals surface area contributed by atoms with Crippen LogP contribution in [0.1, 0.15) is 23.2 Å². The molecule has 0 aromatic heterocycles. The molecule has 8 heteroatoms. The number of amides is 1. The fourth-order valence-electron chi connectivity index (χ4n) is 1.58. The Balaban J connectivity index is 2.34. The Morgan fingerprint density at radius 2 is 2.00 bits per heavy atom. The number of carbonyl (C=O) groups is 1. The minimum atomic E-state index is -4.37. The highest BCUT2D eigenvalue weighted by molar-refractivity contribution is 8.13. The van der Waals surface area contributed by atoms with Gasteiger partial charge in [-0.05, 0) is 30.9 Å². The van der Waals surface area contributed by atoms with Crippen LogP contribution in [0.2, 0.25) is 0 Å². The molecule has 1 aliphatic carbocycles. The van der Waals surface area contributed by atoms with Crippen molar-refractivity contribution in [3.63, 3.8) is 0 Å². The normalized spacial score (nSPS) is 15.3. The standard InChI is InChI=1S/C11H10ClF2NO3S/c12-19(17,18)8-4-3-7(13)9(10(8)14)11(16)15-5-6-1-2-6/h3-4,6H,1-2,5H2,(H,15,16). The second-order valence-electron chi connectivity index (χ2n) is 4.33. The van der Waals surface area contributed by atoms with Crippen LogP contribution in [-0.2, 0) is 9.05 Å². The lowest BCUT2D eigenvalue weighted by Gasteiger charge is -2.08. The molecule has 1 aromatic rings. The largest absolute Gasteiger partial charge is 0.352 e. The number of halogens is 3. The summed E-state index contributed by atoms with van der Waals surface area (Å²) in [4.78, 5) is 10.8. The van der Waals surface area contributed by atoms with E-state index in [1.165, 1.54) is 0 Å². The number of carbonyl (C=O) groups excluding carboxylic acids is 1. The number of rotatable bonds is 4. The SMILES string of the molecule is O=C(NCC1CC1)c1c(F)ccc(S(=O)(=O)Cl)c1F. The number of hydrogen-bond acceptors (Lipinski definition) is 3. The zero-order valence-electron chi connectivity index (χ0n) is 9.62. The van der Waals surface area contributed by atoms with Crippen molar-refractivity contribution in [2.24, 2.45) is 5.92 Å². The number of hydrogen-bond donors (Lipinski definition) is 1. The van der Waals surface area contributed by atoms with Crippen molar-refractivity contribution >= 4 is 25.6 Å². The predicted octanol–water partition coefficient (Wildman–Crippen LogP) is 2.03. The van der Waals surface area contributed by atoms with E-state index < -0.39 is 37.1 Å². The molecule has 1 fully saturated rings. The molecular formula is C11H10ClF2NO3S. The van der Waals surface area contributed by atoms with E-state index >= 15 is 0 Å². The lowest BCUT2D eigenvalue weighted by molar-refractivity contribution is 0.0942. The third kappa shape index (κ3) is 3.22. The van der Waals surface area contributed by atoms with Crippen molar-refractivity contribution in [1.82, 2.24) is 5.32 Å². The molecule has 1 N–H and O–H groups in total. The van der Waals surface area contributed by atoms with Gasteiger partial charge in [0.05, 0.1) is 0 Å². The van der Waals surface area contributed by atoms with E-state index in [-0.39, 0.29) is 0 Å². The van der Waals surface area contributed by atoms with Crippen LogP contribution in [0.3, 0.4) is 0 Å². The Hall–Kier alpha value is -1.21. The van der Waals surface area contributed by atoms with Gasteiger partial charge in [0.1, 0.15) is 16.3 Å². The molecule has 1 aromatic carbocycles. The predicted molar refractivity (Wildman–Crippen MR) is 64.5 cm³/mol.